The fourth-order valence-electron chi connectivity index (χ4n) is 3.99. The Balaban J connectivity index is 1.49. The van der Waals surface area contributed by atoms with Crippen molar-refractivity contribution in [2.24, 2.45) is 0 Å². The normalized spacial score (nSPS) is 11.2. The number of ether oxygens (including phenoxy) is 1. The Labute approximate surface area is 198 Å². The number of esters is 1. The van der Waals surface area contributed by atoms with E-state index in [1.165, 1.54) is 50.4 Å². The van der Waals surface area contributed by atoms with Crippen LogP contribution >= 0.6 is 22.7 Å². The third kappa shape index (κ3) is 5.13. The van der Waals surface area contributed by atoms with Crippen LogP contribution in [-0.4, -0.2) is 5.97 Å². The highest BCUT2D eigenvalue weighted by molar-refractivity contribution is 7.28. The molecule has 0 radical (unpaired) electrons. The van der Waals surface area contributed by atoms with Crippen LogP contribution < -0.4 is 4.74 Å². The molecule has 0 spiro atoms. The second kappa shape index (κ2) is 10.5. The number of aryl methyl sites for hydroxylation is 2. The van der Waals surface area contributed by atoms with Crippen LogP contribution in [0.4, 0.5) is 0 Å². The van der Waals surface area contributed by atoms with Crippen molar-refractivity contribution in [3.8, 4) is 16.9 Å². The molecule has 4 aromatic rings. The summed E-state index contributed by atoms with van der Waals surface area (Å²) in [5.74, 6) is 0.353. The van der Waals surface area contributed by atoms with Crippen molar-refractivity contribution in [3.63, 3.8) is 0 Å². The second-order valence-electron chi connectivity index (χ2n) is 8.27. The first-order chi connectivity index (χ1) is 15.6. The standard InChI is InChI=1S/C28H30O2S2/c1-4-6-7-10-22-17-25-26(31-22)18-27(32-25)28(29)30-24-12-8-11-23(19(24)3)21-15-13-20(9-5-2)14-16-21/h8,11-18H,4-7,9-10H2,1-3H3. The zero-order valence-electron chi connectivity index (χ0n) is 19.1. The Kier molecular flexibility index (Phi) is 7.44. The van der Waals surface area contributed by atoms with E-state index in [1.54, 1.807) is 11.3 Å². The lowest BCUT2D eigenvalue weighted by molar-refractivity contribution is 0.0739. The summed E-state index contributed by atoms with van der Waals surface area (Å²) in [6.45, 7) is 6.44. The highest BCUT2D eigenvalue weighted by Crippen LogP contribution is 2.35. The molecule has 4 heteroatoms. The minimum absolute atomic E-state index is 0.274. The third-order valence-electron chi connectivity index (χ3n) is 5.78. The Morgan fingerprint density at radius 2 is 1.66 bits per heavy atom. The number of hydrogen-bond acceptors (Lipinski definition) is 4. The average Bonchev–Trinajstić information content (AvgIpc) is 3.35. The molecule has 0 atom stereocenters. The Morgan fingerprint density at radius 1 is 0.875 bits per heavy atom. The molecule has 4 rings (SSSR count). The van der Waals surface area contributed by atoms with Gasteiger partial charge < -0.3 is 4.74 Å². The van der Waals surface area contributed by atoms with Crippen LogP contribution in [0, 0.1) is 6.92 Å². The molecule has 0 N–H and O–H groups in total. The zero-order chi connectivity index (χ0) is 22.5. The smallest absolute Gasteiger partial charge is 0.353 e. The van der Waals surface area contributed by atoms with Gasteiger partial charge in [0.1, 0.15) is 10.6 Å². The number of rotatable bonds is 9. The topological polar surface area (TPSA) is 26.3 Å². The number of hydrogen-bond donors (Lipinski definition) is 0. The van der Waals surface area contributed by atoms with E-state index in [-0.39, 0.29) is 5.97 Å². The average molecular weight is 463 g/mol. The van der Waals surface area contributed by atoms with Crippen molar-refractivity contribution < 1.29 is 9.53 Å². The van der Waals surface area contributed by atoms with Gasteiger partial charge in [0.15, 0.2) is 0 Å². The van der Waals surface area contributed by atoms with Crippen molar-refractivity contribution in [3.05, 3.63) is 75.5 Å². The number of carbonyl (C=O) groups is 1. The fraction of sp³-hybridized carbons (Fsp3) is 0.321. The number of unbranched alkanes of at least 4 members (excludes halogenated alkanes) is 2. The lowest BCUT2D eigenvalue weighted by Crippen LogP contribution is -2.07. The first-order valence-electron chi connectivity index (χ1n) is 11.5. The number of thiophene rings is 2. The van der Waals surface area contributed by atoms with E-state index < -0.39 is 0 Å². The Morgan fingerprint density at radius 3 is 2.38 bits per heavy atom. The number of fused-ring (bicyclic) bond motifs is 1. The minimum Gasteiger partial charge on any atom is -0.422 e. The van der Waals surface area contributed by atoms with Gasteiger partial charge in [0.25, 0.3) is 0 Å². The van der Waals surface area contributed by atoms with Crippen LogP contribution in [0.1, 0.15) is 65.2 Å². The van der Waals surface area contributed by atoms with Gasteiger partial charge in [-0.3, -0.25) is 0 Å². The van der Waals surface area contributed by atoms with E-state index in [2.05, 4.69) is 50.2 Å². The van der Waals surface area contributed by atoms with Crippen molar-refractivity contribution in [2.75, 3.05) is 0 Å². The molecule has 0 saturated heterocycles. The van der Waals surface area contributed by atoms with Gasteiger partial charge in [-0.1, -0.05) is 69.5 Å². The lowest BCUT2D eigenvalue weighted by atomic mass is 9.98. The molecule has 0 aliphatic heterocycles. The molecule has 32 heavy (non-hydrogen) atoms. The summed E-state index contributed by atoms with van der Waals surface area (Å²) in [6, 6.07) is 18.8. The van der Waals surface area contributed by atoms with E-state index in [4.69, 9.17) is 4.74 Å². The molecule has 2 aromatic carbocycles. The molecule has 0 unspecified atom stereocenters. The van der Waals surface area contributed by atoms with Crippen molar-refractivity contribution in [1.29, 1.82) is 0 Å². The molecule has 2 heterocycles. The first-order valence-corrected chi connectivity index (χ1v) is 13.2. The summed E-state index contributed by atoms with van der Waals surface area (Å²) >= 11 is 3.34. The molecule has 0 aliphatic rings. The minimum atomic E-state index is -0.274. The van der Waals surface area contributed by atoms with Crippen LogP contribution in [0.15, 0.2) is 54.6 Å². The fourth-order valence-corrected chi connectivity index (χ4v) is 6.33. The predicted octanol–water partition coefficient (Wildman–Crippen LogP) is 8.84. The monoisotopic (exact) mass is 462 g/mol. The van der Waals surface area contributed by atoms with E-state index in [9.17, 15) is 4.79 Å². The first kappa shape index (κ1) is 22.8. The van der Waals surface area contributed by atoms with E-state index >= 15 is 0 Å². The van der Waals surface area contributed by atoms with E-state index in [1.807, 2.05) is 25.1 Å². The van der Waals surface area contributed by atoms with Gasteiger partial charge in [0, 0.05) is 14.3 Å². The summed E-state index contributed by atoms with van der Waals surface area (Å²) in [7, 11) is 0. The van der Waals surface area contributed by atoms with Gasteiger partial charge in [-0.25, -0.2) is 4.79 Å². The largest absolute Gasteiger partial charge is 0.422 e. The summed E-state index contributed by atoms with van der Waals surface area (Å²) in [4.78, 5) is 15.0. The van der Waals surface area contributed by atoms with Crippen LogP contribution in [0.25, 0.3) is 20.5 Å². The molecule has 0 saturated carbocycles. The van der Waals surface area contributed by atoms with Crippen LogP contribution in [-0.2, 0) is 12.8 Å². The van der Waals surface area contributed by atoms with Gasteiger partial charge in [-0.05, 0) is 66.6 Å². The highest BCUT2D eigenvalue weighted by Gasteiger charge is 2.17. The number of carbonyl (C=O) groups excluding carboxylic acids is 1. The van der Waals surface area contributed by atoms with Crippen molar-refractivity contribution in [1.82, 2.24) is 0 Å². The Bertz CT molecular complexity index is 1170. The molecule has 166 valence electrons. The van der Waals surface area contributed by atoms with Gasteiger partial charge >= 0.3 is 5.97 Å². The predicted molar refractivity (Wildman–Crippen MR) is 138 cm³/mol. The summed E-state index contributed by atoms with van der Waals surface area (Å²) < 4.78 is 8.21. The zero-order valence-corrected chi connectivity index (χ0v) is 20.7. The van der Waals surface area contributed by atoms with Crippen molar-refractivity contribution in [2.45, 2.75) is 59.3 Å². The third-order valence-corrected chi connectivity index (χ3v) is 8.11. The van der Waals surface area contributed by atoms with Crippen LogP contribution in [0.2, 0.25) is 0 Å². The summed E-state index contributed by atoms with van der Waals surface area (Å²) in [5.41, 5.74) is 4.58. The molecule has 0 bridgehead atoms. The summed E-state index contributed by atoms with van der Waals surface area (Å²) in [5, 5.41) is 0. The maximum Gasteiger partial charge on any atom is 0.353 e. The maximum absolute atomic E-state index is 12.9. The van der Waals surface area contributed by atoms with Crippen LogP contribution in [0.5, 0.6) is 5.75 Å². The molecule has 0 fully saturated rings. The van der Waals surface area contributed by atoms with Gasteiger partial charge in [0.2, 0.25) is 0 Å². The molecule has 0 aliphatic carbocycles. The van der Waals surface area contributed by atoms with E-state index in [0.29, 0.717) is 10.6 Å². The quantitative estimate of drug-likeness (QED) is 0.141. The van der Waals surface area contributed by atoms with Gasteiger partial charge in [-0.15, -0.1) is 22.7 Å². The second-order valence-corrected chi connectivity index (χ2v) is 10.5. The Hall–Kier alpha value is -2.43. The SMILES string of the molecule is CCCCCc1cc2sc(C(=O)Oc3cccc(-c4ccc(CCC)cc4)c3C)cc2s1. The summed E-state index contributed by atoms with van der Waals surface area (Å²) in [6.07, 6.45) is 7.10. The molecule has 2 aromatic heterocycles. The maximum atomic E-state index is 12.9. The molecule has 2 nitrogen and oxygen atoms in total. The van der Waals surface area contributed by atoms with Gasteiger partial charge in [0.05, 0.1) is 0 Å². The molecular formula is C28H30O2S2. The van der Waals surface area contributed by atoms with Gasteiger partial charge in [-0.2, -0.15) is 0 Å². The van der Waals surface area contributed by atoms with Crippen LogP contribution in [0.3, 0.4) is 0 Å². The number of benzene rings is 2. The molecular weight excluding hydrogens is 432 g/mol. The van der Waals surface area contributed by atoms with Crippen molar-refractivity contribution >= 4 is 38.0 Å². The van der Waals surface area contributed by atoms with E-state index in [0.717, 1.165) is 36.0 Å². The molecule has 0 amide bonds. The highest BCUT2D eigenvalue weighted by atomic mass is 32.1. The lowest BCUT2D eigenvalue weighted by Gasteiger charge is -2.12.